The van der Waals surface area contributed by atoms with Gasteiger partial charge in [-0.15, -0.1) is 0 Å². The van der Waals surface area contributed by atoms with Crippen LogP contribution in [0.25, 0.3) is 0 Å². The standard InChI is InChI=1S/C8H10N4/c9-3-1-7(10)6-2-4-12-5-8(6)11/h2,4-5,7H,1,10-11H2. The Morgan fingerprint density at radius 3 is 3.00 bits per heavy atom. The molecule has 1 unspecified atom stereocenters. The van der Waals surface area contributed by atoms with Crippen LogP contribution in [-0.2, 0) is 0 Å². The van der Waals surface area contributed by atoms with Gasteiger partial charge < -0.3 is 11.5 Å². The summed E-state index contributed by atoms with van der Waals surface area (Å²) in [5.74, 6) is 0. The van der Waals surface area contributed by atoms with Crippen molar-refractivity contribution in [2.24, 2.45) is 5.73 Å². The van der Waals surface area contributed by atoms with E-state index in [0.717, 1.165) is 5.56 Å². The number of nitriles is 1. The smallest absolute Gasteiger partial charge is 0.0641 e. The van der Waals surface area contributed by atoms with E-state index in [1.165, 1.54) is 6.20 Å². The average Bonchev–Trinajstić information content (AvgIpc) is 2.05. The Morgan fingerprint density at radius 2 is 2.42 bits per heavy atom. The van der Waals surface area contributed by atoms with Crippen LogP contribution >= 0.6 is 0 Å². The molecule has 4 nitrogen and oxygen atoms in total. The molecule has 0 aliphatic carbocycles. The largest absolute Gasteiger partial charge is 0.397 e. The lowest BCUT2D eigenvalue weighted by atomic mass is 10.1. The SMILES string of the molecule is N#CCC(N)c1ccncc1N. The minimum Gasteiger partial charge on any atom is -0.397 e. The summed E-state index contributed by atoms with van der Waals surface area (Å²) in [7, 11) is 0. The van der Waals surface area contributed by atoms with Gasteiger partial charge in [0.1, 0.15) is 0 Å². The van der Waals surface area contributed by atoms with Crippen molar-refractivity contribution >= 4 is 5.69 Å². The van der Waals surface area contributed by atoms with Crippen molar-refractivity contribution in [2.75, 3.05) is 5.73 Å². The van der Waals surface area contributed by atoms with Crippen LogP contribution in [0.5, 0.6) is 0 Å². The minimum absolute atomic E-state index is 0.272. The molecule has 1 rings (SSSR count). The molecule has 0 fully saturated rings. The number of nitrogens with zero attached hydrogens (tertiary/aromatic N) is 2. The van der Waals surface area contributed by atoms with Gasteiger partial charge in [0, 0.05) is 12.2 Å². The summed E-state index contributed by atoms with van der Waals surface area (Å²) in [6.07, 6.45) is 3.42. The van der Waals surface area contributed by atoms with Gasteiger partial charge in [-0.25, -0.2) is 0 Å². The number of aromatic nitrogens is 1. The van der Waals surface area contributed by atoms with Crippen molar-refractivity contribution in [3.63, 3.8) is 0 Å². The van der Waals surface area contributed by atoms with Crippen molar-refractivity contribution in [1.82, 2.24) is 4.98 Å². The molecular weight excluding hydrogens is 152 g/mol. The van der Waals surface area contributed by atoms with E-state index in [2.05, 4.69) is 4.98 Å². The van der Waals surface area contributed by atoms with Gasteiger partial charge in [-0.05, 0) is 11.6 Å². The number of nitrogens with two attached hydrogens (primary N) is 2. The van der Waals surface area contributed by atoms with Gasteiger partial charge in [-0.3, -0.25) is 4.98 Å². The summed E-state index contributed by atoms with van der Waals surface area (Å²) in [6, 6.07) is 3.42. The number of hydrogen-bond donors (Lipinski definition) is 2. The van der Waals surface area contributed by atoms with Gasteiger partial charge in [-0.2, -0.15) is 5.26 Å². The third kappa shape index (κ3) is 1.71. The van der Waals surface area contributed by atoms with E-state index < -0.39 is 0 Å². The predicted molar refractivity (Wildman–Crippen MR) is 45.8 cm³/mol. The van der Waals surface area contributed by atoms with Crippen molar-refractivity contribution < 1.29 is 0 Å². The zero-order valence-electron chi connectivity index (χ0n) is 6.57. The Labute approximate surface area is 70.8 Å². The van der Waals surface area contributed by atoms with Crippen LogP contribution in [-0.4, -0.2) is 4.98 Å². The molecule has 0 aliphatic heterocycles. The normalized spacial score (nSPS) is 12.0. The van der Waals surface area contributed by atoms with Crippen molar-refractivity contribution in [3.8, 4) is 6.07 Å². The Kier molecular flexibility index (Phi) is 2.62. The second kappa shape index (κ2) is 3.69. The molecule has 1 aromatic rings. The van der Waals surface area contributed by atoms with Crippen molar-refractivity contribution in [3.05, 3.63) is 24.0 Å². The first-order chi connectivity index (χ1) is 5.75. The first-order valence-corrected chi connectivity index (χ1v) is 3.57. The molecule has 4 heteroatoms. The minimum atomic E-state index is -0.307. The van der Waals surface area contributed by atoms with E-state index in [-0.39, 0.29) is 12.5 Å². The fraction of sp³-hybridized carbons (Fsp3) is 0.250. The van der Waals surface area contributed by atoms with Crippen molar-refractivity contribution in [2.45, 2.75) is 12.5 Å². The zero-order valence-corrected chi connectivity index (χ0v) is 6.57. The maximum absolute atomic E-state index is 8.40. The molecule has 62 valence electrons. The predicted octanol–water partition coefficient (Wildman–Crippen LogP) is 0.577. The highest BCUT2D eigenvalue weighted by atomic mass is 14.7. The van der Waals surface area contributed by atoms with Crippen LogP contribution in [0.3, 0.4) is 0 Å². The monoisotopic (exact) mass is 162 g/mol. The zero-order chi connectivity index (χ0) is 8.97. The lowest BCUT2D eigenvalue weighted by Crippen LogP contribution is -2.11. The second-order valence-corrected chi connectivity index (χ2v) is 2.47. The van der Waals surface area contributed by atoms with Gasteiger partial charge in [-0.1, -0.05) is 0 Å². The topological polar surface area (TPSA) is 88.7 Å². The molecule has 12 heavy (non-hydrogen) atoms. The van der Waals surface area contributed by atoms with Crippen molar-refractivity contribution in [1.29, 1.82) is 5.26 Å². The molecule has 0 bridgehead atoms. The number of hydrogen-bond acceptors (Lipinski definition) is 4. The second-order valence-electron chi connectivity index (χ2n) is 2.47. The summed E-state index contributed by atoms with van der Waals surface area (Å²) in [6.45, 7) is 0. The van der Waals surface area contributed by atoms with Gasteiger partial charge in [0.2, 0.25) is 0 Å². The molecule has 0 aromatic carbocycles. The molecule has 1 aromatic heterocycles. The van der Waals surface area contributed by atoms with Crippen LogP contribution in [0.1, 0.15) is 18.0 Å². The molecule has 4 N–H and O–H groups in total. The van der Waals surface area contributed by atoms with Crippen LogP contribution < -0.4 is 11.5 Å². The molecule has 0 amide bonds. The molecule has 0 saturated heterocycles. The maximum atomic E-state index is 8.40. The third-order valence-corrected chi connectivity index (χ3v) is 1.60. The quantitative estimate of drug-likeness (QED) is 0.665. The molecule has 1 heterocycles. The summed E-state index contributed by atoms with van der Waals surface area (Å²) in [5, 5.41) is 8.40. The van der Waals surface area contributed by atoms with Crippen LogP contribution in [0.15, 0.2) is 18.5 Å². The van der Waals surface area contributed by atoms with Gasteiger partial charge >= 0.3 is 0 Å². The Morgan fingerprint density at radius 1 is 1.67 bits per heavy atom. The number of rotatable bonds is 2. The van der Waals surface area contributed by atoms with Gasteiger partial charge in [0.05, 0.1) is 24.4 Å². The van der Waals surface area contributed by atoms with Gasteiger partial charge in [0.25, 0.3) is 0 Å². The van der Waals surface area contributed by atoms with E-state index in [1.807, 2.05) is 6.07 Å². The van der Waals surface area contributed by atoms with E-state index in [1.54, 1.807) is 12.3 Å². The Balaban J connectivity index is 2.88. The van der Waals surface area contributed by atoms with Crippen LogP contribution in [0, 0.1) is 11.3 Å². The van der Waals surface area contributed by atoms with Gasteiger partial charge in [0.15, 0.2) is 0 Å². The number of anilines is 1. The lowest BCUT2D eigenvalue weighted by Gasteiger charge is -2.09. The summed E-state index contributed by atoms with van der Waals surface area (Å²) >= 11 is 0. The highest BCUT2D eigenvalue weighted by molar-refractivity contribution is 5.45. The van der Waals surface area contributed by atoms with Crippen LogP contribution in [0.2, 0.25) is 0 Å². The number of pyridine rings is 1. The molecule has 0 saturated carbocycles. The lowest BCUT2D eigenvalue weighted by molar-refractivity contribution is 0.749. The molecule has 0 spiro atoms. The molecular formula is C8H10N4. The first-order valence-electron chi connectivity index (χ1n) is 3.57. The Bertz CT molecular complexity index is 302. The van der Waals surface area contributed by atoms with Crippen LogP contribution in [0.4, 0.5) is 5.69 Å². The first kappa shape index (κ1) is 8.50. The van der Waals surface area contributed by atoms with E-state index >= 15 is 0 Å². The molecule has 0 aliphatic rings. The average molecular weight is 162 g/mol. The fourth-order valence-corrected chi connectivity index (χ4v) is 0.963. The molecule has 0 radical (unpaired) electrons. The fourth-order valence-electron chi connectivity index (χ4n) is 0.963. The van der Waals surface area contributed by atoms with E-state index in [0.29, 0.717) is 5.69 Å². The van der Waals surface area contributed by atoms with E-state index in [4.69, 9.17) is 16.7 Å². The highest BCUT2D eigenvalue weighted by Gasteiger charge is 2.07. The number of nitrogen functional groups attached to an aromatic ring is 1. The Hall–Kier alpha value is -1.60. The summed E-state index contributed by atoms with van der Waals surface area (Å²) < 4.78 is 0. The highest BCUT2D eigenvalue weighted by Crippen LogP contribution is 2.18. The van der Waals surface area contributed by atoms with E-state index in [9.17, 15) is 0 Å². The molecule has 1 atom stereocenters. The third-order valence-electron chi connectivity index (χ3n) is 1.60. The summed E-state index contributed by atoms with van der Waals surface area (Å²) in [4.78, 5) is 3.82. The maximum Gasteiger partial charge on any atom is 0.0641 e. The summed E-state index contributed by atoms with van der Waals surface area (Å²) in [5.41, 5.74) is 12.6.